The molecule has 2 aromatic carbocycles. The number of halogens is 1. The lowest BCUT2D eigenvalue weighted by molar-refractivity contribution is -0.133. The fourth-order valence-corrected chi connectivity index (χ4v) is 2.66. The monoisotopic (exact) mass is 363 g/mol. The van der Waals surface area contributed by atoms with Crippen LogP contribution < -0.4 is 10.7 Å². The molecule has 0 bridgehead atoms. The third kappa shape index (κ3) is 3.28. The average molecular weight is 363 g/mol. The zero-order chi connectivity index (χ0) is 18.8. The minimum atomic E-state index is -0.990. The highest BCUT2D eigenvalue weighted by atomic mass is 19.1. The largest absolute Gasteiger partial charge is 0.328 e. The van der Waals surface area contributed by atoms with E-state index in [9.17, 15) is 14.0 Å². The number of carbonyl (C=O) groups excluding carboxylic acids is 2. The summed E-state index contributed by atoms with van der Waals surface area (Å²) >= 11 is 0. The lowest BCUT2D eigenvalue weighted by atomic mass is 10.2. The first-order valence-electron chi connectivity index (χ1n) is 8.09. The Labute approximate surface area is 153 Å². The second-order valence-electron chi connectivity index (χ2n) is 5.75. The predicted molar refractivity (Wildman–Crippen MR) is 98.5 cm³/mol. The van der Waals surface area contributed by atoms with Gasteiger partial charge in [0.25, 0.3) is 0 Å². The molecule has 0 spiro atoms. The van der Waals surface area contributed by atoms with Crippen LogP contribution in [0.5, 0.6) is 0 Å². The fraction of sp³-hybridized carbons (Fsp3) is 0. The second kappa shape index (κ2) is 6.75. The summed E-state index contributed by atoms with van der Waals surface area (Å²) in [6.07, 6.45) is 4.97. The molecule has 0 aliphatic carbocycles. The number of hydrogen-bond donors (Lipinski definition) is 2. The minimum Gasteiger partial charge on any atom is -0.324 e. The number of anilines is 1. The molecule has 0 radical (unpaired) electrons. The lowest BCUT2D eigenvalue weighted by Gasteiger charge is -2.10. The van der Waals surface area contributed by atoms with Crippen molar-refractivity contribution in [1.29, 1.82) is 0 Å². The average Bonchev–Trinajstić information content (AvgIpc) is 3.34. The third-order valence-corrected chi connectivity index (χ3v) is 3.98. The lowest BCUT2D eigenvalue weighted by Crippen LogP contribution is -2.34. The van der Waals surface area contributed by atoms with Crippen LogP contribution in [0.1, 0.15) is 0 Å². The number of benzene rings is 2. The fourth-order valence-electron chi connectivity index (χ4n) is 2.66. The molecule has 2 heterocycles. The molecule has 2 N–H and O–H groups in total. The summed E-state index contributed by atoms with van der Waals surface area (Å²) in [5, 5.41) is 2.30. The number of aromatic nitrogens is 3. The summed E-state index contributed by atoms with van der Waals surface area (Å²) in [5.41, 5.74) is 4.29. The van der Waals surface area contributed by atoms with Crippen LogP contribution in [0.25, 0.3) is 16.7 Å². The van der Waals surface area contributed by atoms with E-state index in [1.54, 1.807) is 41.2 Å². The zero-order valence-electron chi connectivity index (χ0n) is 14.0. The highest BCUT2D eigenvalue weighted by molar-refractivity contribution is 6.42. The molecule has 0 aliphatic heterocycles. The van der Waals surface area contributed by atoms with Crippen LogP contribution in [0.3, 0.4) is 0 Å². The molecule has 0 atom stereocenters. The maximum absolute atomic E-state index is 14.0. The van der Waals surface area contributed by atoms with E-state index >= 15 is 0 Å². The second-order valence-corrected chi connectivity index (χ2v) is 5.75. The van der Waals surface area contributed by atoms with Gasteiger partial charge in [-0.05, 0) is 42.5 Å². The number of para-hydroxylation sites is 2. The van der Waals surface area contributed by atoms with Gasteiger partial charge in [-0.3, -0.25) is 15.0 Å². The molecule has 4 rings (SSSR count). The first-order chi connectivity index (χ1) is 13.1. The summed E-state index contributed by atoms with van der Waals surface area (Å²) in [7, 11) is 0. The summed E-state index contributed by atoms with van der Waals surface area (Å²) in [6, 6.07) is 15.0. The molecule has 134 valence electrons. The van der Waals surface area contributed by atoms with Gasteiger partial charge < -0.3 is 9.88 Å². The number of hydrogen-bond acceptors (Lipinski definition) is 3. The number of imidazole rings is 1. The van der Waals surface area contributed by atoms with Crippen LogP contribution in [0.15, 0.2) is 73.3 Å². The van der Waals surface area contributed by atoms with Crippen molar-refractivity contribution in [3.63, 3.8) is 0 Å². The van der Waals surface area contributed by atoms with E-state index in [0.717, 1.165) is 0 Å². The van der Waals surface area contributed by atoms with Crippen molar-refractivity contribution in [3.05, 3.63) is 79.1 Å². The van der Waals surface area contributed by atoms with E-state index < -0.39 is 17.6 Å². The summed E-state index contributed by atoms with van der Waals surface area (Å²) in [6.45, 7) is 0. The Bertz CT molecular complexity index is 1130. The number of nitrogens with one attached hydrogen (secondary N) is 2. The first kappa shape index (κ1) is 16.5. The Morgan fingerprint density at radius 1 is 0.963 bits per heavy atom. The van der Waals surface area contributed by atoms with Gasteiger partial charge in [-0.1, -0.05) is 12.1 Å². The maximum Gasteiger partial charge on any atom is 0.328 e. The summed E-state index contributed by atoms with van der Waals surface area (Å²) in [4.78, 5) is 28.5. The SMILES string of the molecule is O=C(Nc1cc(-n2cccc2)ccc1F)C(=O)Nn1cnc2ccccc21. The van der Waals surface area contributed by atoms with Crippen LogP contribution in [0.4, 0.5) is 10.1 Å². The highest BCUT2D eigenvalue weighted by Crippen LogP contribution is 2.19. The number of rotatable bonds is 3. The first-order valence-corrected chi connectivity index (χ1v) is 8.09. The van der Waals surface area contributed by atoms with Gasteiger partial charge >= 0.3 is 11.8 Å². The quantitative estimate of drug-likeness (QED) is 0.549. The Balaban J connectivity index is 1.52. The Kier molecular flexibility index (Phi) is 4.13. The smallest absolute Gasteiger partial charge is 0.324 e. The minimum absolute atomic E-state index is 0.0863. The molecule has 0 saturated carbocycles. The van der Waals surface area contributed by atoms with E-state index in [2.05, 4.69) is 15.7 Å². The molecule has 0 saturated heterocycles. The molecule has 2 amide bonds. The van der Waals surface area contributed by atoms with Crippen LogP contribution in [-0.2, 0) is 9.59 Å². The van der Waals surface area contributed by atoms with Crippen molar-refractivity contribution in [2.24, 2.45) is 0 Å². The molecule has 7 nitrogen and oxygen atoms in total. The van der Waals surface area contributed by atoms with E-state index in [4.69, 9.17) is 0 Å². The van der Waals surface area contributed by atoms with Crippen LogP contribution in [0.2, 0.25) is 0 Å². The normalized spacial score (nSPS) is 10.7. The van der Waals surface area contributed by atoms with Gasteiger partial charge in [0.15, 0.2) is 0 Å². The third-order valence-electron chi connectivity index (χ3n) is 3.98. The van der Waals surface area contributed by atoms with Gasteiger partial charge in [-0.15, -0.1) is 0 Å². The number of nitrogens with zero attached hydrogens (tertiary/aromatic N) is 3. The van der Waals surface area contributed by atoms with Gasteiger partial charge in [0.2, 0.25) is 0 Å². The van der Waals surface area contributed by atoms with E-state index in [-0.39, 0.29) is 5.69 Å². The van der Waals surface area contributed by atoms with Gasteiger partial charge in [-0.2, -0.15) is 0 Å². The highest BCUT2D eigenvalue weighted by Gasteiger charge is 2.17. The van der Waals surface area contributed by atoms with E-state index in [1.807, 2.05) is 18.2 Å². The number of carbonyl (C=O) groups is 2. The van der Waals surface area contributed by atoms with E-state index in [0.29, 0.717) is 16.7 Å². The van der Waals surface area contributed by atoms with Crippen molar-refractivity contribution in [2.75, 3.05) is 10.7 Å². The molecule has 2 aromatic heterocycles. The Morgan fingerprint density at radius 3 is 2.56 bits per heavy atom. The topological polar surface area (TPSA) is 81.0 Å². The summed E-state index contributed by atoms with van der Waals surface area (Å²) < 4.78 is 17.1. The van der Waals surface area contributed by atoms with Crippen molar-refractivity contribution in [1.82, 2.24) is 14.2 Å². The van der Waals surface area contributed by atoms with Crippen molar-refractivity contribution < 1.29 is 14.0 Å². The van der Waals surface area contributed by atoms with Crippen LogP contribution in [0, 0.1) is 5.82 Å². The zero-order valence-corrected chi connectivity index (χ0v) is 14.0. The van der Waals surface area contributed by atoms with Crippen molar-refractivity contribution in [3.8, 4) is 5.69 Å². The van der Waals surface area contributed by atoms with Crippen molar-refractivity contribution in [2.45, 2.75) is 0 Å². The summed E-state index contributed by atoms with van der Waals surface area (Å²) in [5.74, 6) is -2.57. The molecular formula is C19H14FN5O2. The van der Waals surface area contributed by atoms with Crippen molar-refractivity contribution >= 4 is 28.5 Å². The predicted octanol–water partition coefficient (Wildman–Crippen LogP) is 2.67. The van der Waals surface area contributed by atoms with Crippen LogP contribution >= 0.6 is 0 Å². The van der Waals surface area contributed by atoms with E-state index in [1.165, 1.54) is 23.1 Å². The number of fused-ring (bicyclic) bond motifs is 1. The Morgan fingerprint density at radius 2 is 1.74 bits per heavy atom. The molecule has 0 unspecified atom stereocenters. The standard InChI is InChI=1S/C19H14FN5O2/c20-14-8-7-13(24-9-3-4-10-24)11-16(14)22-18(26)19(27)23-25-12-21-15-5-1-2-6-17(15)25/h1-12H,(H,22,26)(H,23,27). The van der Waals surface area contributed by atoms with Gasteiger partial charge in [0.05, 0.1) is 16.7 Å². The molecule has 8 heteroatoms. The maximum atomic E-state index is 14.0. The molecular weight excluding hydrogens is 349 g/mol. The van der Waals surface area contributed by atoms with Gasteiger partial charge in [0, 0.05) is 18.1 Å². The van der Waals surface area contributed by atoms with Crippen LogP contribution in [-0.4, -0.2) is 26.0 Å². The molecule has 27 heavy (non-hydrogen) atoms. The van der Waals surface area contributed by atoms with Gasteiger partial charge in [-0.25, -0.2) is 14.1 Å². The molecule has 0 aliphatic rings. The Hall–Kier alpha value is -3.94. The molecule has 0 fully saturated rings. The number of amides is 2. The van der Waals surface area contributed by atoms with Gasteiger partial charge in [0.1, 0.15) is 12.1 Å². The molecule has 4 aromatic rings.